The first-order chi connectivity index (χ1) is 13.2. The van der Waals surface area contributed by atoms with Gasteiger partial charge in [-0.05, 0) is 24.0 Å². The van der Waals surface area contributed by atoms with E-state index in [9.17, 15) is 22.8 Å². The molecular formula is C19H22F3N3O3. The topological polar surface area (TPSA) is 85.4 Å². The van der Waals surface area contributed by atoms with Gasteiger partial charge in [0.2, 0.25) is 0 Å². The molecule has 1 aliphatic rings. The van der Waals surface area contributed by atoms with E-state index in [0.29, 0.717) is 6.42 Å². The van der Waals surface area contributed by atoms with Crippen LogP contribution in [0.3, 0.4) is 0 Å². The maximum atomic E-state index is 13.0. The Hall–Kier alpha value is -2.71. The molecular weight excluding hydrogens is 375 g/mol. The Kier molecular flexibility index (Phi) is 5.53. The van der Waals surface area contributed by atoms with Gasteiger partial charge < -0.3 is 20.3 Å². The third kappa shape index (κ3) is 3.93. The number of likely N-dealkylation sites (tertiary alicyclic amines) is 1. The van der Waals surface area contributed by atoms with Crippen LogP contribution < -0.4 is 5.32 Å². The van der Waals surface area contributed by atoms with Crippen molar-refractivity contribution in [3.63, 3.8) is 0 Å². The number of aromatic nitrogens is 1. The largest absolute Gasteiger partial charge is 0.481 e. The van der Waals surface area contributed by atoms with Crippen molar-refractivity contribution in [1.29, 1.82) is 0 Å². The number of aryl methyl sites for hydroxylation is 1. The van der Waals surface area contributed by atoms with E-state index >= 15 is 0 Å². The van der Waals surface area contributed by atoms with Crippen molar-refractivity contribution in [1.82, 2.24) is 15.2 Å². The van der Waals surface area contributed by atoms with Crippen LogP contribution in [0.25, 0.3) is 10.9 Å². The highest BCUT2D eigenvalue weighted by molar-refractivity contribution is 5.86. The smallest absolute Gasteiger partial charge is 0.394 e. The maximum absolute atomic E-state index is 13.0. The second-order valence-corrected chi connectivity index (χ2v) is 6.99. The van der Waals surface area contributed by atoms with Crippen LogP contribution in [0.5, 0.6) is 0 Å². The highest BCUT2D eigenvalue weighted by Gasteiger charge is 2.53. The van der Waals surface area contributed by atoms with Crippen molar-refractivity contribution in [2.45, 2.75) is 25.9 Å². The van der Waals surface area contributed by atoms with Crippen LogP contribution in [-0.4, -0.2) is 52.8 Å². The molecule has 2 amide bonds. The lowest BCUT2D eigenvalue weighted by molar-refractivity contribution is -0.187. The fourth-order valence-electron chi connectivity index (χ4n) is 3.74. The zero-order chi connectivity index (χ0) is 20.5. The van der Waals surface area contributed by atoms with Gasteiger partial charge in [-0.15, -0.1) is 0 Å². The monoisotopic (exact) mass is 397 g/mol. The highest BCUT2D eigenvalue weighted by Crippen LogP contribution is 2.37. The number of H-pyrrole nitrogens is 1. The minimum Gasteiger partial charge on any atom is -0.481 e. The summed E-state index contributed by atoms with van der Waals surface area (Å²) < 4.78 is 39.1. The Balaban J connectivity index is 1.60. The van der Waals surface area contributed by atoms with Crippen molar-refractivity contribution in [2.24, 2.45) is 11.8 Å². The summed E-state index contributed by atoms with van der Waals surface area (Å²) in [6, 6.07) is 5.30. The lowest BCUT2D eigenvalue weighted by Gasteiger charge is -2.18. The second kappa shape index (κ2) is 7.73. The SMILES string of the molecule is CCc1cccc2c(CCNC(=O)N3C[C@@H](C(F)(F)F)[C@H](C(=O)O)C3)c[nH]c12. The Morgan fingerprint density at radius 2 is 2.04 bits per heavy atom. The number of alkyl halides is 3. The lowest BCUT2D eigenvalue weighted by Crippen LogP contribution is -2.40. The van der Waals surface area contributed by atoms with E-state index < -0.39 is 43.1 Å². The quantitative estimate of drug-likeness (QED) is 0.724. The van der Waals surface area contributed by atoms with Crippen LogP contribution in [0.15, 0.2) is 24.4 Å². The van der Waals surface area contributed by atoms with E-state index in [2.05, 4.69) is 17.2 Å². The minimum atomic E-state index is -4.65. The molecule has 0 unspecified atom stereocenters. The van der Waals surface area contributed by atoms with Gasteiger partial charge in [-0.3, -0.25) is 4.79 Å². The summed E-state index contributed by atoms with van der Waals surface area (Å²) in [6.07, 6.45) is -1.39. The number of hydrogen-bond acceptors (Lipinski definition) is 2. The molecule has 2 aromatic rings. The van der Waals surface area contributed by atoms with Crippen molar-refractivity contribution in [3.05, 3.63) is 35.5 Å². The van der Waals surface area contributed by atoms with Gasteiger partial charge in [-0.1, -0.05) is 25.1 Å². The molecule has 1 aliphatic heterocycles. The average molecular weight is 397 g/mol. The highest BCUT2D eigenvalue weighted by atomic mass is 19.4. The summed E-state index contributed by atoms with van der Waals surface area (Å²) in [5, 5.41) is 12.7. The molecule has 9 heteroatoms. The summed E-state index contributed by atoms with van der Waals surface area (Å²) in [5.74, 6) is -5.22. The maximum Gasteiger partial charge on any atom is 0.394 e. The summed E-state index contributed by atoms with van der Waals surface area (Å²) >= 11 is 0. The Morgan fingerprint density at radius 3 is 2.64 bits per heavy atom. The first-order valence-electron chi connectivity index (χ1n) is 9.12. The molecule has 2 heterocycles. The van der Waals surface area contributed by atoms with Crippen molar-refractivity contribution in [3.8, 4) is 0 Å². The van der Waals surface area contributed by atoms with E-state index in [0.717, 1.165) is 27.8 Å². The lowest BCUT2D eigenvalue weighted by atomic mass is 9.96. The first-order valence-corrected chi connectivity index (χ1v) is 9.12. The summed E-state index contributed by atoms with van der Waals surface area (Å²) in [6.45, 7) is 1.22. The molecule has 0 aliphatic carbocycles. The molecule has 6 nitrogen and oxygen atoms in total. The van der Waals surface area contributed by atoms with Crippen molar-refractivity contribution in [2.75, 3.05) is 19.6 Å². The number of carbonyl (C=O) groups is 2. The van der Waals surface area contributed by atoms with E-state index in [-0.39, 0.29) is 6.54 Å². The predicted molar refractivity (Wildman–Crippen MR) is 97.0 cm³/mol. The fourth-order valence-corrected chi connectivity index (χ4v) is 3.74. The number of hydrogen-bond donors (Lipinski definition) is 3. The van der Waals surface area contributed by atoms with Crippen LogP contribution in [0, 0.1) is 11.8 Å². The Bertz CT molecular complexity index is 878. The number of fused-ring (bicyclic) bond motifs is 1. The molecule has 3 rings (SSSR count). The molecule has 0 saturated carbocycles. The molecule has 28 heavy (non-hydrogen) atoms. The van der Waals surface area contributed by atoms with Gasteiger partial charge in [0.1, 0.15) is 0 Å². The number of carbonyl (C=O) groups excluding carboxylic acids is 1. The zero-order valence-corrected chi connectivity index (χ0v) is 15.3. The number of rotatable bonds is 5. The van der Waals surface area contributed by atoms with E-state index in [1.165, 1.54) is 5.56 Å². The standard InChI is InChI=1S/C19H22F3N3O3/c1-2-11-4-3-5-13-12(8-24-16(11)13)6-7-23-18(28)25-9-14(17(26)27)15(10-25)19(20,21)22/h3-5,8,14-15,24H,2,6-7,9-10H2,1H3,(H,23,28)(H,26,27)/t14-,15-/m1/s1. The van der Waals surface area contributed by atoms with E-state index in [1.807, 2.05) is 24.4 Å². The number of aromatic amines is 1. The van der Waals surface area contributed by atoms with Crippen molar-refractivity contribution < 1.29 is 27.9 Å². The van der Waals surface area contributed by atoms with E-state index in [1.54, 1.807) is 0 Å². The van der Waals surface area contributed by atoms with Crippen LogP contribution in [0.4, 0.5) is 18.0 Å². The van der Waals surface area contributed by atoms with Gasteiger partial charge in [0.25, 0.3) is 0 Å². The van der Waals surface area contributed by atoms with Crippen LogP contribution in [0.1, 0.15) is 18.1 Å². The molecule has 0 spiro atoms. The van der Waals surface area contributed by atoms with Gasteiger partial charge in [0.05, 0.1) is 11.8 Å². The number of para-hydroxylation sites is 1. The molecule has 152 valence electrons. The summed E-state index contributed by atoms with van der Waals surface area (Å²) in [7, 11) is 0. The minimum absolute atomic E-state index is 0.243. The molecule has 1 saturated heterocycles. The Labute approximate surface area is 159 Å². The number of benzene rings is 1. The number of carboxylic acids is 1. The number of carboxylic acid groups (broad SMARTS) is 1. The van der Waals surface area contributed by atoms with Crippen LogP contribution in [-0.2, 0) is 17.6 Å². The van der Waals surface area contributed by atoms with Gasteiger partial charge in [-0.25, -0.2) is 4.79 Å². The Morgan fingerprint density at radius 1 is 1.29 bits per heavy atom. The van der Waals surface area contributed by atoms with E-state index in [4.69, 9.17) is 5.11 Å². The summed E-state index contributed by atoms with van der Waals surface area (Å²) in [4.78, 5) is 27.5. The van der Waals surface area contributed by atoms with Gasteiger partial charge in [0, 0.05) is 36.7 Å². The number of urea groups is 1. The van der Waals surface area contributed by atoms with Gasteiger partial charge in [-0.2, -0.15) is 13.2 Å². The molecule has 2 atom stereocenters. The van der Waals surface area contributed by atoms with Gasteiger partial charge in [0.15, 0.2) is 0 Å². The number of nitrogens with zero attached hydrogens (tertiary/aromatic N) is 1. The zero-order valence-electron chi connectivity index (χ0n) is 15.3. The normalized spacial score (nSPS) is 19.9. The average Bonchev–Trinajstić information content (AvgIpc) is 3.26. The third-order valence-corrected chi connectivity index (χ3v) is 5.28. The van der Waals surface area contributed by atoms with Crippen LogP contribution >= 0.6 is 0 Å². The number of nitrogens with one attached hydrogen (secondary N) is 2. The number of amides is 2. The molecule has 1 aromatic carbocycles. The molecule has 3 N–H and O–H groups in total. The summed E-state index contributed by atoms with van der Waals surface area (Å²) in [5.41, 5.74) is 3.23. The molecule has 1 aromatic heterocycles. The predicted octanol–water partition coefficient (Wildman–Crippen LogP) is 3.18. The van der Waals surface area contributed by atoms with Crippen LogP contribution in [0.2, 0.25) is 0 Å². The second-order valence-electron chi connectivity index (χ2n) is 6.99. The molecule has 1 fully saturated rings. The fraction of sp³-hybridized carbons (Fsp3) is 0.474. The third-order valence-electron chi connectivity index (χ3n) is 5.28. The van der Waals surface area contributed by atoms with Crippen molar-refractivity contribution >= 4 is 22.9 Å². The number of aliphatic carboxylic acids is 1. The molecule has 0 radical (unpaired) electrons. The number of halogens is 3. The first kappa shape index (κ1) is 20.0. The van der Waals surface area contributed by atoms with Gasteiger partial charge >= 0.3 is 18.2 Å². The molecule has 0 bridgehead atoms.